The molecule has 7 heteroatoms. The van der Waals surface area contributed by atoms with E-state index >= 15 is 0 Å². The van der Waals surface area contributed by atoms with Gasteiger partial charge >= 0.3 is 11.9 Å². The van der Waals surface area contributed by atoms with Crippen molar-refractivity contribution < 1.29 is 19.1 Å². The summed E-state index contributed by atoms with van der Waals surface area (Å²) >= 11 is 1.38. The molecule has 0 amide bonds. The summed E-state index contributed by atoms with van der Waals surface area (Å²) in [5.74, 6) is -0.894. The second-order valence-electron chi connectivity index (χ2n) is 5.54. The molecule has 0 bridgehead atoms. The van der Waals surface area contributed by atoms with Gasteiger partial charge in [0.05, 0.1) is 28.6 Å². The largest absolute Gasteiger partial charge is 0.464 e. The van der Waals surface area contributed by atoms with Crippen LogP contribution in [0.15, 0.2) is 22.0 Å². The van der Waals surface area contributed by atoms with Gasteiger partial charge in [0, 0.05) is 12.5 Å². The minimum absolute atomic E-state index is 0.252. The van der Waals surface area contributed by atoms with Crippen molar-refractivity contribution in [2.45, 2.75) is 42.5 Å². The molecule has 1 aliphatic carbocycles. The van der Waals surface area contributed by atoms with Crippen molar-refractivity contribution in [2.75, 3.05) is 13.2 Å². The van der Waals surface area contributed by atoms with Gasteiger partial charge in [-0.1, -0.05) is 11.8 Å². The molecule has 0 radical (unpaired) electrons. The molecule has 2 aliphatic rings. The van der Waals surface area contributed by atoms with E-state index in [0.717, 1.165) is 0 Å². The van der Waals surface area contributed by atoms with Gasteiger partial charge in [0.2, 0.25) is 0 Å². The standard InChI is InChI=1S/C15H17NO5S/c1-4-20-12(18)9-6-7-10(17)16-11(9)22-14(3)8-15(14,16)13(19)21-5-2/h6-7H,4-5,8H2,1-3H3/t14-,15-/m0/s1. The van der Waals surface area contributed by atoms with Crippen molar-refractivity contribution >= 4 is 23.7 Å². The van der Waals surface area contributed by atoms with Crippen LogP contribution in [0.25, 0.3) is 0 Å². The van der Waals surface area contributed by atoms with E-state index in [1.165, 1.54) is 28.5 Å². The first-order valence-corrected chi connectivity index (χ1v) is 8.03. The molecule has 22 heavy (non-hydrogen) atoms. The minimum Gasteiger partial charge on any atom is -0.464 e. The Bertz CT molecular complexity index is 727. The van der Waals surface area contributed by atoms with Gasteiger partial charge in [-0.2, -0.15) is 0 Å². The first kappa shape index (κ1) is 15.1. The molecule has 1 aliphatic heterocycles. The summed E-state index contributed by atoms with van der Waals surface area (Å²) in [4.78, 5) is 36.8. The highest BCUT2D eigenvalue weighted by molar-refractivity contribution is 8.01. The lowest BCUT2D eigenvalue weighted by atomic mass is 10.2. The molecule has 0 spiro atoms. The average Bonchev–Trinajstić information content (AvgIpc) is 2.97. The van der Waals surface area contributed by atoms with Crippen LogP contribution in [0.5, 0.6) is 0 Å². The van der Waals surface area contributed by atoms with Gasteiger partial charge in [-0.15, -0.1) is 0 Å². The number of pyridine rings is 1. The molecule has 2 atom stereocenters. The Hall–Kier alpha value is -1.76. The zero-order valence-corrected chi connectivity index (χ0v) is 13.5. The number of hydrogen-bond donors (Lipinski definition) is 0. The number of thioether (sulfide) groups is 1. The van der Waals surface area contributed by atoms with E-state index in [2.05, 4.69) is 0 Å². The van der Waals surface area contributed by atoms with Crippen LogP contribution >= 0.6 is 11.8 Å². The van der Waals surface area contributed by atoms with E-state index in [-0.39, 0.29) is 18.8 Å². The van der Waals surface area contributed by atoms with Crippen LogP contribution in [0.3, 0.4) is 0 Å². The predicted octanol–water partition coefficient (Wildman–Crippen LogP) is 1.55. The predicted molar refractivity (Wildman–Crippen MR) is 80.1 cm³/mol. The Morgan fingerprint density at radius 1 is 1.27 bits per heavy atom. The fourth-order valence-electron chi connectivity index (χ4n) is 3.07. The number of aromatic nitrogens is 1. The molecule has 1 aromatic heterocycles. The van der Waals surface area contributed by atoms with Crippen molar-refractivity contribution in [2.24, 2.45) is 0 Å². The number of rotatable bonds is 4. The van der Waals surface area contributed by atoms with E-state index < -0.39 is 22.2 Å². The van der Waals surface area contributed by atoms with Gasteiger partial charge in [0.1, 0.15) is 0 Å². The summed E-state index contributed by atoms with van der Waals surface area (Å²) in [6.45, 7) is 5.87. The number of carbonyl (C=O) groups excluding carboxylic acids is 2. The highest BCUT2D eigenvalue weighted by Gasteiger charge is 2.77. The van der Waals surface area contributed by atoms with E-state index in [1.54, 1.807) is 13.8 Å². The van der Waals surface area contributed by atoms with E-state index in [1.807, 2.05) is 6.92 Å². The Morgan fingerprint density at radius 2 is 1.95 bits per heavy atom. The number of fused-ring (bicyclic) bond motifs is 3. The zero-order chi connectivity index (χ0) is 16.1. The third-order valence-corrected chi connectivity index (χ3v) is 5.73. The maximum Gasteiger partial charge on any atom is 0.340 e. The number of nitrogens with zero attached hydrogens (tertiary/aromatic N) is 1. The van der Waals surface area contributed by atoms with Gasteiger partial charge in [-0.05, 0) is 26.8 Å². The summed E-state index contributed by atoms with van der Waals surface area (Å²) in [6, 6.07) is 2.77. The third-order valence-electron chi connectivity index (χ3n) is 4.20. The molecular weight excluding hydrogens is 306 g/mol. The van der Waals surface area contributed by atoms with E-state index in [0.29, 0.717) is 17.0 Å². The topological polar surface area (TPSA) is 74.6 Å². The summed E-state index contributed by atoms with van der Waals surface area (Å²) < 4.78 is 11.2. The molecule has 1 aromatic rings. The summed E-state index contributed by atoms with van der Waals surface area (Å²) in [7, 11) is 0. The molecule has 3 rings (SSSR count). The lowest BCUT2D eigenvalue weighted by molar-refractivity contribution is -0.149. The van der Waals surface area contributed by atoms with E-state index in [9.17, 15) is 14.4 Å². The van der Waals surface area contributed by atoms with Gasteiger partial charge in [0.15, 0.2) is 5.54 Å². The Kier molecular flexibility index (Phi) is 3.36. The molecule has 0 N–H and O–H groups in total. The lowest BCUT2D eigenvalue weighted by Crippen LogP contribution is -2.40. The number of esters is 2. The van der Waals surface area contributed by atoms with Crippen LogP contribution < -0.4 is 5.56 Å². The number of carbonyl (C=O) groups is 2. The quantitative estimate of drug-likeness (QED) is 0.783. The fourth-order valence-corrected chi connectivity index (χ4v) is 4.72. The van der Waals surface area contributed by atoms with Crippen molar-refractivity contribution in [3.63, 3.8) is 0 Å². The van der Waals surface area contributed by atoms with Gasteiger partial charge in [-0.3, -0.25) is 9.36 Å². The Labute approximate surface area is 131 Å². The van der Waals surface area contributed by atoms with Crippen LogP contribution in [-0.4, -0.2) is 34.5 Å². The van der Waals surface area contributed by atoms with Gasteiger partial charge in [-0.25, -0.2) is 9.59 Å². The molecule has 0 aromatic carbocycles. The Morgan fingerprint density at radius 3 is 2.59 bits per heavy atom. The smallest absolute Gasteiger partial charge is 0.340 e. The normalized spacial score (nSPS) is 27.8. The third kappa shape index (κ3) is 1.78. The first-order chi connectivity index (χ1) is 10.4. The molecular formula is C15H17NO5S. The van der Waals surface area contributed by atoms with Crippen molar-refractivity contribution in [1.29, 1.82) is 0 Å². The number of hydrogen-bond acceptors (Lipinski definition) is 6. The van der Waals surface area contributed by atoms with Crippen LogP contribution in [0, 0.1) is 0 Å². The van der Waals surface area contributed by atoms with Crippen molar-refractivity contribution in [3.8, 4) is 0 Å². The Balaban J connectivity index is 2.14. The van der Waals surface area contributed by atoms with Crippen molar-refractivity contribution in [1.82, 2.24) is 4.57 Å². The van der Waals surface area contributed by atoms with Crippen molar-refractivity contribution in [3.05, 3.63) is 28.0 Å². The molecule has 2 heterocycles. The average molecular weight is 323 g/mol. The SMILES string of the molecule is CCOC(=O)c1ccc(=O)n2c1S[C@@]1(C)C[C@@]21C(=O)OCC. The number of ether oxygens (including phenoxy) is 2. The van der Waals surface area contributed by atoms with Crippen LogP contribution in [0.2, 0.25) is 0 Å². The zero-order valence-electron chi connectivity index (χ0n) is 12.7. The fraction of sp³-hybridized carbons (Fsp3) is 0.533. The summed E-state index contributed by atoms with van der Waals surface area (Å²) in [5, 5.41) is 0.493. The van der Waals surface area contributed by atoms with Gasteiger partial charge in [0.25, 0.3) is 5.56 Å². The lowest BCUT2D eigenvalue weighted by Gasteiger charge is -2.17. The molecule has 1 fully saturated rings. The summed E-state index contributed by atoms with van der Waals surface area (Å²) in [6.07, 6.45) is 0.530. The minimum atomic E-state index is -0.997. The van der Waals surface area contributed by atoms with Crippen LogP contribution in [0.1, 0.15) is 37.6 Å². The maximum atomic E-state index is 12.4. The molecule has 0 saturated heterocycles. The van der Waals surface area contributed by atoms with Crippen LogP contribution in [-0.2, 0) is 19.8 Å². The highest BCUT2D eigenvalue weighted by Crippen LogP contribution is 2.70. The second kappa shape index (κ2) is 4.87. The first-order valence-electron chi connectivity index (χ1n) is 7.21. The second-order valence-corrected chi connectivity index (χ2v) is 7.03. The van der Waals surface area contributed by atoms with E-state index in [4.69, 9.17) is 9.47 Å². The monoisotopic (exact) mass is 323 g/mol. The molecule has 0 unspecified atom stereocenters. The highest BCUT2D eigenvalue weighted by atomic mass is 32.2. The molecule has 118 valence electrons. The molecule has 6 nitrogen and oxygen atoms in total. The molecule has 1 saturated carbocycles. The summed E-state index contributed by atoms with van der Waals surface area (Å²) in [5.41, 5.74) is -0.976. The van der Waals surface area contributed by atoms with Crippen LogP contribution in [0.4, 0.5) is 0 Å². The van der Waals surface area contributed by atoms with Gasteiger partial charge < -0.3 is 9.47 Å². The maximum absolute atomic E-state index is 12.4.